The largest absolute Gasteiger partial charge is 0.472 e. The van der Waals surface area contributed by atoms with Crippen molar-refractivity contribution < 1.29 is 9.21 Å². The van der Waals surface area contributed by atoms with E-state index in [9.17, 15) is 14.9 Å². The zero-order valence-electron chi connectivity index (χ0n) is 16.5. The minimum Gasteiger partial charge on any atom is -0.472 e. The molecule has 0 aliphatic carbocycles. The van der Waals surface area contributed by atoms with Crippen molar-refractivity contribution in [1.82, 2.24) is 9.97 Å². The second-order valence-corrected chi connectivity index (χ2v) is 6.79. The van der Waals surface area contributed by atoms with Gasteiger partial charge in [-0.2, -0.15) is 5.26 Å². The number of anilines is 3. The molecule has 31 heavy (non-hydrogen) atoms. The molecule has 0 saturated carbocycles. The third kappa shape index (κ3) is 4.36. The van der Waals surface area contributed by atoms with Crippen LogP contribution in [0.25, 0.3) is 11.3 Å². The summed E-state index contributed by atoms with van der Waals surface area (Å²) in [4.78, 5) is 31.8. The Balaban J connectivity index is 1.69. The van der Waals surface area contributed by atoms with Crippen LogP contribution in [0.15, 0.2) is 76.3 Å². The SMILES string of the molecule is Cc1ccc(Nc2nc(-c3cccc(NC(=O)c4ccoc4)c3)c(C#N)c(=O)[nH]2)cc1. The Bertz CT molecular complexity index is 1330. The Labute approximate surface area is 177 Å². The first-order valence-corrected chi connectivity index (χ1v) is 9.35. The van der Waals surface area contributed by atoms with E-state index in [1.54, 1.807) is 30.3 Å². The third-order valence-electron chi connectivity index (χ3n) is 4.52. The normalized spacial score (nSPS) is 10.3. The van der Waals surface area contributed by atoms with Crippen LogP contribution >= 0.6 is 0 Å². The molecule has 0 spiro atoms. The lowest BCUT2D eigenvalue weighted by Gasteiger charge is -2.10. The summed E-state index contributed by atoms with van der Waals surface area (Å²) in [6.07, 6.45) is 2.75. The predicted octanol–water partition coefficient (Wildman–Crippen LogP) is 4.21. The van der Waals surface area contributed by atoms with Crippen LogP contribution in [0.3, 0.4) is 0 Å². The number of aromatic nitrogens is 2. The molecule has 2 aromatic heterocycles. The number of amides is 1. The van der Waals surface area contributed by atoms with E-state index < -0.39 is 5.56 Å². The van der Waals surface area contributed by atoms with Crippen LogP contribution in [0.2, 0.25) is 0 Å². The average molecular weight is 411 g/mol. The number of H-pyrrole nitrogens is 1. The van der Waals surface area contributed by atoms with Crippen molar-refractivity contribution in [2.24, 2.45) is 0 Å². The van der Waals surface area contributed by atoms with Crippen molar-refractivity contribution >= 4 is 23.2 Å². The average Bonchev–Trinajstić information content (AvgIpc) is 3.30. The molecule has 0 radical (unpaired) electrons. The van der Waals surface area contributed by atoms with Gasteiger partial charge in [-0.3, -0.25) is 14.6 Å². The van der Waals surface area contributed by atoms with Crippen molar-refractivity contribution in [3.8, 4) is 17.3 Å². The Kier molecular flexibility index (Phi) is 5.32. The topological polar surface area (TPSA) is 124 Å². The lowest BCUT2D eigenvalue weighted by Crippen LogP contribution is -2.16. The highest BCUT2D eigenvalue weighted by Crippen LogP contribution is 2.24. The molecule has 4 rings (SSSR count). The highest BCUT2D eigenvalue weighted by molar-refractivity contribution is 6.04. The molecule has 152 valence electrons. The molecule has 0 unspecified atom stereocenters. The van der Waals surface area contributed by atoms with Gasteiger partial charge in [0, 0.05) is 16.9 Å². The van der Waals surface area contributed by atoms with Gasteiger partial charge in [-0.25, -0.2) is 4.98 Å². The quantitative estimate of drug-likeness (QED) is 0.452. The summed E-state index contributed by atoms with van der Waals surface area (Å²) in [6.45, 7) is 1.97. The van der Waals surface area contributed by atoms with Crippen molar-refractivity contribution in [3.63, 3.8) is 0 Å². The van der Waals surface area contributed by atoms with Crippen LogP contribution in [0.5, 0.6) is 0 Å². The molecule has 0 aliphatic heterocycles. The highest BCUT2D eigenvalue weighted by Gasteiger charge is 2.15. The first-order chi connectivity index (χ1) is 15.0. The van der Waals surface area contributed by atoms with Crippen LogP contribution in [-0.4, -0.2) is 15.9 Å². The monoisotopic (exact) mass is 411 g/mol. The Hall–Kier alpha value is -4.64. The minimum atomic E-state index is -0.560. The van der Waals surface area contributed by atoms with Crippen LogP contribution in [0.4, 0.5) is 17.3 Å². The minimum absolute atomic E-state index is 0.118. The maximum Gasteiger partial charge on any atom is 0.270 e. The van der Waals surface area contributed by atoms with Crippen molar-refractivity contribution in [3.05, 3.63) is 94.2 Å². The van der Waals surface area contributed by atoms with E-state index in [2.05, 4.69) is 20.6 Å². The summed E-state index contributed by atoms with van der Waals surface area (Å²) in [5, 5.41) is 15.3. The summed E-state index contributed by atoms with van der Waals surface area (Å²) in [5.41, 5.74) is 2.75. The fourth-order valence-electron chi connectivity index (χ4n) is 2.96. The van der Waals surface area contributed by atoms with Gasteiger partial charge in [-0.05, 0) is 37.3 Å². The van der Waals surface area contributed by atoms with E-state index in [-0.39, 0.29) is 23.1 Å². The first-order valence-electron chi connectivity index (χ1n) is 9.35. The predicted molar refractivity (Wildman–Crippen MR) is 116 cm³/mol. The number of aryl methyl sites for hydroxylation is 1. The molecule has 8 nitrogen and oxygen atoms in total. The van der Waals surface area contributed by atoms with Gasteiger partial charge >= 0.3 is 0 Å². The highest BCUT2D eigenvalue weighted by atomic mass is 16.3. The number of nitrogens with one attached hydrogen (secondary N) is 3. The van der Waals surface area contributed by atoms with Gasteiger partial charge in [-0.15, -0.1) is 0 Å². The molecule has 0 saturated heterocycles. The van der Waals surface area contributed by atoms with Crippen molar-refractivity contribution in [1.29, 1.82) is 5.26 Å². The number of nitriles is 1. The van der Waals surface area contributed by atoms with Gasteiger partial charge in [0.15, 0.2) is 0 Å². The standard InChI is InChI=1S/C23H17N5O3/c1-14-5-7-17(8-6-14)26-23-27-20(19(12-24)22(30)28-23)15-3-2-4-18(11-15)25-21(29)16-9-10-31-13-16/h2-11,13H,1H3,(H,25,29)(H2,26,27,28,30). The molecule has 0 bridgehead atoms. The van der Waals surface area contributed by atoms with E-state index in [1.807, 2.05) is 37.3 Å². The summed E-state index contributed by atoms with van der Waals surface area (Å²) in [7, 11) is 0. The molecular weight excluding hydrogens is 394 g/mol. The molecule has 2 aromatic carbocycles. The van der Waals surface area contributed by atoms with Crippen LogP contribution < -0.4 is 16.2 Å². The summed E-state index contributed by atoms with van der Waals surface area (Å²) < 4.78 is 4.93. The lowest BCUT2D eigenvalue weighted by atomic mass is 10.1. The van der Waals surface area contributed by atoms with E-state index in [0.29, 0.717) is 16.8 Å². The van der Waals surface area contributed by atoms with Gasteiger partial charge in [-0.1, -0.05) is 29.8 Å². The maximum absolute atomic E-state index is 12.5. The number of aromatic amines is 1. The molecule has 0 aliphatic rings. The molecule has 0 fully saturated rings. The van der Waals surface area contributed by atoms with E-state index in [1.165, 1.54) is 12.5 Å². The Morgan fingerprint density at radius 1 is 1.13 bits per heavy atom. The number of carbonyl (C=O) groups excluding carboxylic acids is 1. The lowest BCUT2D eigenvalue weighted by molar-refractivity contribution is 0.102. The zero-order valence-corrected chi connectivity index (χ0v) is 16.5. The number of hydrogen-bond donors (Lipinski definition) is 3. The zero-order chi connectivity index (χ0) is 21.8. The van der Waals surface area contributed by atoms with Gasteiger partial charge in [0.1, 0.15) is 17.9 Å². The van der Waals surface area contributed by atoms with Crippen molar-refractivity contribution in [2.75, 3.05) is 10.6 Å². The number of nitrogens with zero attached hydrogens (tertiary/aromatic N) is 2. The molecule has 2 heterocycles. The fraction of sp³-hybridized carbons (Fsp3) is 0.0435. The fourth-order valence-corrected chi connectivity index (χ4v) is 2.96. The Morgan fingerprint density at radius 2 is 1.94 bits per heavy atom. The molecule has 1 amide bonds. The van der Waals surface area contributed by atoms with Gasteiger partial charge in [0.2, 0.25) is 5.95 Å². The van der Waals surface area contributed by atoms with E-state index >= 15 is 0 Å². The van der Waals surface area contributed by atoms with Gasteiger partial charge < -0.3 is 15.1 Å². The van der Waals surface area contributed by atoms with Crippen LogP contribution in [0.1, 0.15) is 21.5 Å². The molecular formula is C23H17N5O3. The summed E-state index contributed by atoms with van der Waals surface area (Å²) in [6, 6.07) is 17.8. The van der Waals surface area contributed by atoms with Crippen LogP contribution in [-0.2, 0) is 0 Å². The Morgan fingerprint density at radius 3 is 2.65 bits per heavy atom. The first kappa shape index (κ1) is 19.7. The number of furan rings is 1. The van der Waals surface area contributed by atoms with Gasteiger partial charge in [0.05, 0.1) is 17.5 Å². The molecule has 8 heteroatoms. The number of benzene rings is 2. The van der Waals surface area contributed by atoms with Gasteiger partial charge in [0.25, 0.3) is 11.5 Å². The second kappa shape index (κ2) is 8.39. The van der Waals surface area contributed by atoms with Crippen LogP contribution in [0, 0.1) is 18.3 Å². The van der Waals surface area contributed by atoms with Crippen molar-refractivity contribution in [2.45, 2.75) is 6.92 Å². The molecule has 4 aromatic rings. The number of carbonyl (C=O) groups is 1. The summed E-state index contributed by atoms with van der Waals surface area (Å²) >= 11 is 0. The maximum atomic E-state index is 12.5. The summed E-state index contributed by atoms with van der Waals surface area (Å²) in [5.74, 6) is -0.136. The van der Waals surface area contributed by atoms with E-state index in [4.69, 9.17) is 4.42 Å². The number of hydrogen-bond acceptors (Lipinski definition) is 6. The molecule has 3 N–H and O–H groups in total. The third-order valence-corrected chi connectivity index (χ3v) is 4.52. The van der Waals surface area contributed by atoms with E-state index in [0.717, 1.165) is 11.3 Å². The second-order valence-electron chi connectivity index (χ2n) is 6.79. The number of rotatable bonds is 5. The molecule has 0 atom stereocenters. The smallest absolute Gasteiger partial charge is 0.270 e.